The quantitative estimate of drug-likeness (QED) is 0.854. The number of carbonyl (C=O) groups excluding carboxylic acids is 1. The fourth-order valence-electron chi connectivity index (χ4n) is 2.26. The Balaban J connectivity index is 2.29. The van der Waals surface area contributed by atoms with Crippen molar-refractivity contribution in [2.75, 3.05) is 6.61 Å². The molecule has 2 rings (SSSR count). The minimum absolute atomic E-state index is 0.0151. The topological polar surface area (TPSA) is 67.2 Å². The van der Waals surface area contributed by atoms with Gasteiger partial charge in [-0.3, -0.25) is 4.79 Å². The summed E-state index contributed by atoms with van der Waals surface area (Å²) in [6, 6.07) is 5.74. The van der Waals surface area contributed by atoms with Crippen LogP contribution in [-0.2, 0) is 0 Å². The van der Waals surface area contributed by atoms with Gasteiger partial charge in [0, 0.05) is 25.0 Å². The molecule has 0 aliphatic carbocycles. The molecule has 5 nitrogen and oxygen atoms in total. The van der Waals surface area contributed by atoms with Gasteiger partial charge in [0.2, 0.25) is 0 Å². The highest BCUT2D eigenvalue weighted by atomic mass is 16.3. The molecular formula is C16H21N3O2. The third-order valence-electron chi connectivity index (χ3n) is 3.48. The molecule has 1 atom stereocenters. The molecule has 21 heavy (non-hydrogen) atoms. The first kappa shape index (κ1) is 15.3. The third-order valence-corrected chi connectivity index (χ3v) is 3.48. The molecule has 0 radical (unpaired) electrons. The highest BCUT2D eigenvalue weighted by Crippen LogP contribution is 2.17. The van der Waals surface area contributed by atoms with Crippen molar-refractivity contribution in [3.63, 3.8) is 0 Å². The van der Waals surface area contributed by atoms with Gasteiger partial charge in [0.05, 0.1) is 17.6 Å². The van der Waals surface area contributed by atoms with E-state index in [1.807, 2.05) is 42.8 Å². The lowest BCUT2D eigenvalue weighted by atomic mass is 10.1. The smallest absolute Gasteiger partial charge is 0.253 e. The summed E-state index contributed by atoms with van der Waals surface area (Å²) in [6.07, 6.45) is 6.52. The Morgan fingerprint density at radius 3 is 2.90 bits per heavy atom. The van der Waals surface area contributed by atoms with E-state index in [4.69, 9.17) is 5.11 Å². The van der Waals surface area contributed by atoms with E-state index in [2.05, 4.69) is 10.3 Å². The summed E-state index contributed by atoms with van der Waals surface area (Å²) in [5.41, 5.74) is 2.44. The molecule has 0 fully saturated rings. The third kappa shape index (κ3) is 3.70. The van der Waals surface area contributed by atoms with Crippen molar-refractivity contribution in [2.24, 2.45) is 0 Å². The summed E-state index contributed by atoms with van der Waals surface area (Å²) in [6.45, 7) is 4.02. The van der Waals surface area contributed by atoms with Gasteiger partial charge in [0.25, 0.3) is 5.91 Å². The molecule has 0 spiro atoms. The second kappa shape index (κ2) is 7.04. The number of nitrogens with zero attached hydrogens (tertiary/aromatic N) is 2. The van der Waals surface area contributed by atoms with Gasteiger partial charge in [-0.05, 0) is 31.9 Å². The number of aliphatic hydroxyl groups excluding tert-OH is 1. The highest BCUT2D eigenvalue weighted by molar-refractivity contribution is 5.98. The number of imidazole rings is 1. The van der Waals surface area contributed by atoms with Crippen LogP contribution in [0.1, 0.15) is 35.7 Å². The number of amides is 1. The van der Waals surface area contributed by atoms with E-state index in [1.165, 1.54) is 0 Å². The zero-order chi connectivity index (χ0) is 15.2. The van der Waals surface area contributed by atoms with Crippen LogP contribution < -0.4 is 5.32 Å². The van der Waals surface area contributed by atoms with Crippen LogP contribution in [0.15, 0.2) is 36.9 Å². The minimum atomic E-state index is -0.123. The number of aliphatic hydroxyl groups is 1. The Hall–Kier alpha value is -2.14. The molecule has 1 aromatic carbocycles. The molecule has 1 aromatic heterocycles. The maximum Gasteiger partial charge on any atom is 0.253 e. The predicted molar refractivity (Wildman–Crippen MR) is 81.5 cm³/mol. The van der Waals surface area contributed by atoms with Gasteiger partial charge in [-0.2, -0.15) is 0 Å². The van der Waals surface area contributed by atoms with E-state index in [0.717, 1.165) is 17.7 Å². The van der Waals surface area contributed by atoms with Crippen molar-refractivity contribution >= 4 is 5.91 Å². The van der Waals surface area contributed by atoms with Crippen LogP contribution in [0.2, 0.25) is 0 Å². The van der Waals surface area contributed by atoms with Gasteiger partial charge < -0.3 is 15.0 Å². The molecular weight excluding hydrogens is 266 g/mol. The number of nitrogens with one attached hydrogen (secondary N) is 1. The largest absolute Gasteiger partial charge is 0.396 e. The van der Waals surface area contributed by atoms with Crippen molar-refractivity contribution in [2.45, 2.75) is 32.7 Å². The van der Waals surface area contributed by atoms with Crippen molar-refractivity contribution in [3.8, 4) is 5.69 Å². The number of carbonyl (C=O) groups is 1. The second-order valence-corrected chi connectivity index (χ2v) is 5.08. The minimum Gasteiger partial charge on any atom is -0.396 e. The molecule has 1 amide bonds. The molecule has 0 saturated heterocycles. The number of aryl methyl sites for hydroxylation is 1. The number of hydrogen-bond acceptors (Lipinski definition) is 3. The SMILES string of the molecule is CCC(CCO)NC(=O)c1cc(C)ccc1-n1ccnc1. The summed E-state index contributed by atoms with van der Waals surface area (Å²) >= 11 is 0. The molecule has 112 valence electrons. The fourth-order valence-corrected chi connectivity index (χ4v) is 2.26. The van der Waals surface area contributed by atoms with Crippen molar-refractivity contribution in [1.29, 1.82) is 0 Å². The molecule has 0 saturated carbocycles. The predicted octanol–water partition coefficient (Wildman–Crippen LogP) is 2.07. The zero-order valence-electron chi connectivity index (χ0n) is 12.4. The van der Waals surface area contributed by atoms with E-state index in [9.17, 15) is 4.79 Å². The van der Waals surface area contributed by atoms with Gasteiger partial charge in [-0.1, -0.05) is 18.6 Å². The Morgan fingerprint density at radius 2 is 2.29 bits per heavy atom. The van der Waals surface area contributed by atoms with E-state index in [-0.39, 0.29) is 18.6 Å². The average molecular weight is 287 g/mol. The van der Waals surface area contributed by atoms with Crippen LogP contribution in [0, 0.1) is 6.92 Å². The lowest BCUT2D eigenvalue weighted by molar-refractivity contribution is 0.0929. The zero-order valence-corrected chi connectivity index (χ0v) is 12.4. The summed E-state index contributed by atoms with van der Waals surface area (Å²) < 4.78 is 1.82. The maximum absolute atomic E-state index is 12.5. The van der Waals surface area contributed by atoms with Crippen LogP contribution in [-0.4, -0.2) is 33.2 Å². The van der Waals surface area contributed by atoms with Crippen molar-refractivity contribution < 1.29 is 9.90 Å². The first-order valence-electron chi connectivity index (χ1n) is 7.16. The van der Waals surface area contributed by atoms with Crippen molar-refractivity contribution in [3.05, 3.63) is 48.0 Å². The molecule has 5 heteroatoms. The molecule has 0 aliphatic heterocycles. The van der Waals surface area contributed by atoms with E-state index < -0.39 is 0 Å². The van der Waals surface area contributed by atoms with Crippen molar-refractivity contribution in [1.82, 2.24) is 14.9 Å². The van der Waals surface area contributed by atoms with E-state index in [0.29, 0.717) is 12.0 Å². The Labute approximate surface area is 124 Å². The summed E-state index contributed by atoms with van der Waals surface area (Å²) in [5, 5.41) is 12.0. The van der Waals surface area contributed by atoms with E-state index in [1.54, 1.807) is 12.5 Å². The molecule has 0 bridgehead atoms. The Morgan fingerprint density at radius 1 is 1.48 bits per heavy atom. The molecule has 0 aliphatic rings. The number of rotatable bonds is 6. The van der Waals surface area contributed by atoms with Gasteiger partial charge >= 0.3 is 0 Å². The highest BCUT2D eigenvalue weighted by Gasteiger charge is 2.16. The van der Waals surface area contributed by atoms with Gasteiger partial charge in [-0.15, -0.1) is 0 Å². The average Bonchev–Trinajstić information content (AvgIpc) is 3.00. The van der Waals surface area contributed by atoms with Gasteiger partial charge in [0.15, 0.2) is 0 Å². The summed E-state index contributed by atoms with van der Waals surface area (Å²) in [5.74, 6) is -0.123. The lowest BCUT2D eigenvalue weighted by Crippen LogP contribution is -2.35. The first-order valence-corrected chi connectivity index (χ1v) is 7.16. The van der Waals surface area contributed by atoms with Crippen LogP contribution in [0.25, 0.3) is 5.69 Å². The second-order valence-electron chi connectivity index (χ2n) is 5.08. The van der Waals surface area contributed by atoms with Crippen LogP contribution in [0.5, 0.6) is 0 Å². The van der Waals surface area contributed by atoms with Crippen LogP contribution >= 0.6 is 0 Å². The van der Waals surface area contributed by atoms with E-state index >= 15 is 0 Å². The molecule has 1 heterocycles. The number of aromatic nitrogens is 2. The van der Waals surface area contributed by atoms with Crippen LogP contribution in [0.4, 0.5) is 0 Å². The van der Waals surface area contributed by atoms with Gasteiger partial charge in [0.1, 0.15) is 0 Å². The number of hydrogen-bond donors (Lipinski definition) is 2. The molecule has 1 unspecified atom stereocenters. The fraction of sp³-hybridized carbons (Fsp3) is 0.375. The Bertz CT molecular complexity index is 594. The Kier molecular flexibility index (Phi) is 5.11. The van der Waals surface area contributed by atoms with Crippen LogP contribution in [0.3, 0.4) is 0 Å². The van der Waals surface area contributed by atoms with Gasteiger partial charge in [-0.25, -0.2) is 4.98 Å². The maximum atomic E-state index is 12.5. The lowest BCUT2D eigenvalue weighted by Gasteiger charge is -2.18. The normalized spacial score (nSPS) is 12.1. The standard InChI is InChI=1S/C16H21N3O2/c1-3-13(6-9-20)18-16(21)14-10-12(2)4-5-15(14)19-8-7-17-11-19/h4-5,7-8,10-11,13,20H,3,6,9H2,1-2H3,(H,18,21). The monoisotopic (exact) mass is 287 g/mol. The summed E-state index contributed by atoms with van der Waals surface area (Å²) in [7, 11) is 0. The summed E-state index contributed by atoms with van der Waals surface area (Å²) in [4.78, 5) is 16.6. The molecule has 2 N–H and O–H groups in total. The number of benzene rings is 1. The molecule has 2 aromatic rings. The first-order chi connectivity index (χ1) is 10.2.